The second-order valence-electron chi connectivity index (χ2n) is 4.24. The van der Waals surface area contributed by atoms with Gasteiger partial charge < -0.3 is 5.11 Å². The van der Waals surface area contributed by atoms with Crippen LogP contribution < -0.4 is 10.9 Å². The minimum absolute atomic E-state index is 0.0561. The Morgan fingerprint density at radius 3 is 2.77 bits per heavy atom. The molecule has 0 spiro atoms. The largest absolute Gasteiger partial charge is 0.478 e. The van der Waals surface area contributed by atoms with E-state index in [1.165, 1.54) is 12.3 Å². The number of hydrogen-bond acceptors (Lipinski definition) is 6. The van der Waals surface area contributed by atoms with Crippen molar-refractivity contribution in [3.63, 3.8) is 0 Å². The lowest BCUT2D eigenvalue weighted by molar-refractivity contribution is 0.0698. The number of nitrogens with one attached hydrogen (secondary N) is 2. The number of rotatable bonds is 3. The molecule has 110 valence electrons. The summed E-state index contributed by atoms with van der Waals surface area (Å²) < 4.78 is 1.09. The summed E-state index contributed by atoms with van der Waals surface area (Å²) in [5, 5.41) is 23.8. The van der Waals surface area contributed by atoms with Crippen LogP contribution in [-0.4, -0.2) is 42.0 Å². The van der Waals surface area contributed by atoms with Crippen molar-refractivity contribution in [2.45, 2.75) is 0 Å². The zero-order chi connectivity index (χ0) is 15.7. The fourth-order valence-electron chi connectivity index (χ4n) is 1.97. The first-order valence-corrected chi connectivity index (χ1v) is 6.00. The zero-order valence-electron chi connectivity index (χ0n) is 10.8. The molecule has 0 saturated heterocycles. The number of aromatic nitrogens is 5. The SMILES string of the molecule is O=C(Nc1nnn[nH]1)c1cc(C(=O)O)c2ccccn2c1=O. The molecular weight excluding hydrogens is 292 g/mol. The lowest BCUT2D eigenvalue weighted by Gasteiger charge is -2.07. The molecule has 10 nitrogen and oxygen atoms in total. The molecule has 3 aromatic rings. The molecule has 0 saturated carbocycles. The number of nitrogens with zero attached hydrogens (tertiary/aromatic N) is 4. The highest BCUT2D eigenvalue weighted by Crippen LogP contribution is 2.11. The van der Waals surface area contributed by atoms with E-state index in [1.807, 2.05) is 0 Å². The van der Waals surface area contributed by atoms with Crippen LogP contribution in [0.5, 0.6) is 0 Å². The van der Waals surface area contributed by atoms with Gasteiger partial charge in [0.15, 0.2) is 0 Å². The Labute approximate surface area is 121 Å². The van der Waals surface area contributed by atoms with Gasteiger partial charge in [-0.05, 0) is 28.6 Å². The van der Waals surface area contributed by atoms with Gasteiger partial charge in [0.2, 0.25) is 5.95 Å². The van der Waals surface area contributed by atoms with Crippen LogP contribution in [0, 0.1) is 0 Å². The minimum Gasteiger partial charge on any atom is -0.478 e. The van der Waals surface area contributed by atoms with Crippen molar-refractivity contribution in [3.8, 4) is 0 Å². The lowest BCUT2D eigenvalue weighted by atomic mass is 10.1. The first-order chi connectivity index (χ1) is 10.6. The molecule has 0 unspecified atom stereocenters. The van der Waals surface area contributed by atoms with E-state index in [2.05, 4.69) is 25.9 Å². The summed E-state index contributed by atoms with van der Waals surface area (Å²) in [6.07, 6.45) is 1.39. The molecule has 3 heterocycles. The standard InChI is InChI=1S/C12H8N6O4/c19-9(13-12-14-16-17-15-12)7-5-6(11(21)22)8-3-1-2-4-18(8)10(7)20/h1-5H,(H,21,22)(H2,13,14,15,16,17,19). The molecule has 0 radical (unpaired) electrons. The van der Waals surface area contributed by atoms with Crippen molar-refractivity contribution >= 4 is 23.3 Å². The van der Waals surface area contributed by atoms with E-state index in [9.17, 15) is 19.5 Å². The van der Waals surface area contributed by atoms with Gasteiger partial charge in [-0.15, -0.1) is 0 Å². The molecule has 0 aromatic carbocycles. The molecule has 22 heavy (non-hydrogen) atoms. The van der Waals surface area contributed by atoms with E-state index >= 15 is 0 Å². The van der Waals surface area contributed by atoms with Crippen molar-refractivity contribution in [3.05, 3.63) is 51.9 Å². The second kappa shape index (κ2) is 5.09. The number of pyridine rings is 2. The van der Waals surface area contributed by atoms with Crippen LogP contribution in [0.15, 0.2) is 35.3 Å². The maximum absolute atomic E-state index is 12.3. The number of hydrogen-bond donors (Lipinski definition) is 3. The fourth-order valence-corrected chi connectivity index (χ4v) is 1.97. The lowest BCUT2D eigenvalue weighted by Crippen LogP contribution is -2.27. The summed E-state index contributed by atoms with van der Waals surface area (Å²) >= 11 is 0. The smallest absolute Gasteiger partial charge is 0.337 e. The molecule has 10 heteroatoms. The highest BCUT2D eigenvalue weighted by molar-refractivity contribution is 6.06. The topological polar surface area (TPSA) is 142 Å². The highest BCUT2D eigenvalue weighted by atomic mass is 16.4. The maximum Gasteiger partial charge on any atom is 0.337 e. The van der Waals surface area contributed by atoms with E-state index < -0.39 is 17.4 Å². The van der Waals surface area contributed by atoms with E-state index in [-0.39, 0.29) is 22.6 Å². The number of aromatic carboxylic acids is 1. The van der Waals surface area contributed by atoms with Gasteiger partial charge in [-0.25, -0.2) is 9.89 Å². The van der Waals surface area contributed by atoms with Crippen LogP contribution >= 0.6 is 0 Å². The van der Waals surface area contributed by atoms with Crippen molar-refractivity contribution in [2.75, 3.05) is 5.32 Å². The first-order valence-electron chi connectivity index (χ1n) is 6.00. The third kappa shape index (κ3) is 2.18. The summed E-state index contributed by atoms with van der Waals surface area (Å²) in [5.74, 6) is -2.12. The fraction of sp³-hybridized carbons (Fsp3) is 0. The molecule has 0 aliphatic heterocycles. The number of amides is 1. The number of anilines is 1. The minimum atomic E-state index is -1.25. The quantitative estimate of drug-likeness (QED) is 0.606. The van der Waals surface area contributed by atoms with Gasteiger partial charge in [-0.3, -0.25) is 19.3 Å². The van der Waals surface area contributed by atoms with E-state index in [4.69, 9.17) is 0 Å². The Hall–Kier alpha value is -3.56. The van der Waals surface area contributed by atoms with E-state index in [1.54, 1.807) is 12.1 Å². The molecule has 0 aliphatic carbocycles. The van der Waals surface area contributed by atoms with Gasteiger partial charge in [-0.2, -0.15) is 0 Å². The number of aromatic amines is 1. The van der Waals surface area contributed by atoms with Crippen molar-refractivity contribution < 1.29 is 14.7 Å². The first kappa shape index (κ1) is 13.4. The van der Waals surface area contributed by atoms with E-state index in [0.717, 1.165) is 10.5 Å². The predicted molar refractivity (Wildman–Crippen MR) is 72.8 cm³/mol. The maximum atomic E-state index is 12.3. The van der Waals surface area contributed by atoms with Gasteiger partial charge in [0.05, 0.1) is 11.1 Å². The summed E-state index contributed by atoms with van der Waals surface area (Å²) in [6, 6.07) is 5.66. The third-order valence-electron chi connectivity index (χ3n) is 2.93. The Morgan fingerprint density at radius 1 is 1.27 bits per heavy atom. The second-order valence-corrected chi connectivity index (χ2v) is 4.24. The Morgan fingerprint density at radius 2 is 2.09 bits per heavy atom. The van der Waals surface area contributed by atoms with Crippen LogP contribution in [0.4, 0.5) is 5.95 Å². The molecule has 3 N–H and O–H groups in total. The summed E-state index contributed by atoms with van der Waals surface area (Å²) in [5.41, 5.74) is -0.956. The number of tetrazole rings is 1. The zero-order valence-corrected chi connectivity index (χ0v) is 10.8. The van der Waals surface area contributed by atoms with Gasteiger partial charge >= 0.3 is 5.97 Å². The monoisotopic (exact) mass is 300 g/mol. The Bertz CT molecular complexity index is 930. The van der Waals surface area contributed by atoms with Gasteiger partial charge in [0, 0.05) is 6.20 Å². The average Bonchev–Trinajstić information content (AvgIpc) is 3.00. The molecule has 3 aromatic heterocycles. The molecule has 0 atom stereocenters. The average molecular weight is 300 g/mol. The Kier molecular flexibility index (Phi) is 3.10. The molecule has 1 amide bonds. The van der Waals surface area contributed by atoms with Crippen molar-refractivity contribution in [1.29, 1.82) is 0 Å². The van der Waals surface area contributed by atoms with Gasteiger partial charge in [0.25, 0.3) is 11.5 Å². The van der Waals surface area contributed by atoms with Crippen LogP contribution in [0.2, 0.25) is 0 Å². The molecule has 0 fully saturated rings. The van der Waals surface area contributed by atoms with Crippen LogP contribution in [0.25, 0.3) is 5.52 Å². The highest BCUT2D eigenvalue weighted by Gasteiger charge is 2.19. The number of H-pyrrole nitrogens is 1. The molecule has 0 bridgehead atoms. The van der Waals surface area contributed by atoms with Crippen molar-refractivity contribution in [2.24, 2.45) is 0 Å². The van der Waals surface area contributed by atoms with Crippen LogP contribution in [0.1, 0.15) is 20.7 Å². The predicted octanol–water partition coefficient (Wildman–Crippen LogP) is -0.237. The summed E-state index contributed by atoms with van der Waals surface area (Å²) in [4.78, 5) is 35.8. The summed E-state index contributed by atoms with van der Waals surface area (Å²) in [6.45, 7) is 0. The van der Waals surface area contributed by atoms with Crippen LogP contribution in [-0.2, 0) is 0 Å². The number of carboxylic acids is 1. The van der Waals surface area contributed by atoms with Gasteiger partial charge in [0.1, 0.15) is 5.56 Å². The van der Waals surface area contributed by atoms with Gasteiger partial charge in [-0.1, -0.05) is 11.2 Å². The van der Waals surface area contributed by atoms with Crippen LogP contribution in [0.3, 0.4) is 0 Å². The number of carbonyl (C=O) groups excluding carboxylic acids is 1. The normalized spacial score (nSPS) is 10.5. The number of fused-ring (bicyclic) bond motifs is 1. The Balaban J connectivity index is 2.17. The van der Waals surface area contributed by atoms with Crippen molar-refractivity contribution in [1.82, 2.24) is 25.0 Å². The number of carbonyl (C=O) groups is 2. The third-order valence-corrected chi connectivity index (χ3v) is 2.93. The van der Waals surface area contributed by atoms with E-state index in [0.29, 0.717) is 0 Å². The molecular formula is C12H8N6O4. The summed E-state index contributed by atoms with van der Waals surface area (Å²) in [7, 11) is 0. The number of carboxylic acid groups (broad SMARTS) is 1. The molecule has 3 rings (SSSR count). The molecule has 0 aliphatic rings.